The van der Waals surface area contributed by atoms with Gasteiger partial charge in [-0.3, -0.25) is 9.69 Å². The summed E-state index contributed by atoms with van der Waals surface area (Å²) >= 11 is 0. The number of pyridine rings is 1. The molecule has 0 unspecified atom stereocenters. The summed E-state index contributed by atoms with van der Waals surface area (Å²) < 4.78 is 22.4. The molecule has 0 atom stereocenters. The lowest BCUT2D eigenvalue weighted by atomic mass is 9.89. The molecule has 2 aliphatic rings. The van der Waals surface area contributed by atoms with Gasteiger partial charge in [-0.05, 0) is 42.5 Å². The third-order valence-electron chi connectivity index (χ3n) is 7.76. The van der Waals surface area contributed by atoms with Crippen LogP contribution in [0, 0.1) is 0 Å². The number of hydrogen-bond acceptors (Lipinski definition) is 8. The predicted octanol–water partition coefficient (Wildman–Crippen LogP) is 4.01. The first-order chi connectivity index (χ1) is 20.0. The number of ether oxygens (including phenoxy) is 4. The Morgan fingerprint density at radius 2 is 1.80 bits per heavy atom. The number of piperidine rings is 1. The molecule has 2 saturated heterocycles. The molecule has 2 aromatic rings. The number of likely N-dealkylation sites (tertiary alicyclic amines) is 1. The normalized spacial score (nSPS) is 16.9. The monoisotopic (exact) mass is 570 g/mol. The second-order valence-corrected chi connectivity index (χ2v) is 10.5. The number of carbonyl (C=O) groups excluding carboxylic acids is 1. The van der Waals surface area contributed by atoms with Crippen molar-refractivity contribution in [3.8, 4) is 0 Å². The largest absolute Gasteiger partial charge is 0.381 e. The molecule has 228 valence electrons. The topological polar surface area (TPSA) is 76.6 Å². The van der Waals surface area contributed by atoms with Crippen LogP contribution in [0.5, 0.6) is 0 Å². The molecule has 41 heavy (non-hydrogen) atoms. The van der Waals surface area contributed by atoms with Gasteiger partial charge in [0.2, 0.25) is 5.91 Å². The molecule has 2 aliphatic heterocycles. The number of likely N-dealkylation sites (N-methyl/N-ethyl adjacent to an activating group) is 1. The highest BCUT2D eigenvalue weighted by Gasteiger charge is 2.40. The lowest BCUT2D eigenvalue weighted by Crippen LogP contribution is -2.57. The van der Waals surface area contributed by atoms with Gasteiger partial charge in [0, 0.05) is 60.2 Å². The Morgan fingerprint density at radius 1 is 1.05 bits per heavy atom. The molecule has 3 heterocycles. The molecule has 1 aromatic carbocycles. The van der Waals surface area contributed by atoms with Crippen LogP contribution < -0.4 is 4.90 Å². The van der Waals surface area contributed by atoms with Gasteiger partial charge in [0.05, 0.1) is 38.4 Å². The minimum absolute atomic E-state index is 0.0162. The highest BCUT2D eigenvalue weighted by atomic mass is 16.7. The van der Waals surface area contributed by atoms with Crippen LogP contribution in [0.1, 0.15) is 44.2 Å². The van der Waals surface area contributed by atoms with E-state index in [0.717, 1.165) is 64.4 Å². The molecule has 9 nitrogen and oxygen atoms in total. The maximum absolute atomic E-state index is 12.3. The first-order valence-electron chi connectivity index (χ1n) is 15.0. The predicted molar refractivity (Wildman–Crippen MR) is 162 cm³/mol. The number of amides is 1. The minimum Gasteiger partial charge on any atom is -0.381 e. The zero-order valence-electron chi connectivity index (χ0n) is 25.7. The van der Waals surface area contributed by atoms with E-state index in [4.69, 9.17) is 18.9 Å². The Balaban J connectivity index is 0.00000226. The molecule has 0 radical (unpaired) electrons. The van der Waals surface area contributed by atoms with Gasteiger partial charge < -0.3 is 28.7 Å². The number of rotatable bonds is 13. The quantitative estimate of drug-likeness (QED) is 0.264. The molecule has 1 spiro atoms. The van der Waals surface area contributed by atoms with E-state index < -0.39 is 6.29 Å². The molecular formula is C32H50N4O5. The molecular weight excluding hydrogens is 520 g/mol. The summed E-state index contributed by atoms with van der Waals surface area (Å²) in [5.74, 6) is 1.06. The maximum atomic E-state index is 12.3. The third kappa shape index (κ3) is 10.3. The lowest BCUT2D eigenvalue weighted by Gasteiger charge is -2.47. The van der Waals surface area contributed by atoms with Crippen molar-refractivity contribution in [1.29, 1.82) is 0 Å². The van der Waals surface area contributed by atoms with Crippen molar-refractivity contribution in [2.45, 2.75) is 58.0 Å². The summed E-state index contributed by atoms with van der Waals surface area (Å²) in [6, 6.07) is 14.9. The number of carbonyl (C=O) groups is 1. The van der Waals surface area contributed by atoms with E-state index in [1.807, 2.05) is 26.1 Å². The summed E-state index contributed by atoms with van der Waals surface area (Å²) in [4.78, 5) is 23.3. The Morgan fingerprint density at radius 3 is 2.51 bits per heavy atom. The number of hydrogen-bond donors (Lipinski definition) is 0. The summed E-state index contributed by atoms with van der Waals surface area (Å²) in [5.41, 5.74) is 2.51. The van der Waals surface area contributed by atoms with Crippen molar-refractivity contribution < 1.29 is 23.7 Å². The van der Waals surface area contributed by atoms with Gasteiger partial charge in [-0.1, -0.05) is 44.2 Å². The highest BCUT2D eigenvalue weighted by Crippen LogP contribution is 2.32. The van der Waals surface area contributed by atoms with E-state index in [0.29, 0.717) is 26.2 Å². The van der Waals surface area contributed by atoms with Gasteiger partial charge >= 0.3 is 0 Å². The fourth-order valence-electron chi connectivity index (χ4n) is 5.36. The SMILES string of the molecule is CC.COC(CN(C)C(=O)CCOCCc1cccc(CN2CCC3(CC2)CN(c2ccccn2)CCO3)c1)OC. The average molecular weight is 571 g/mol. The number of morpholine rings is 1. The van der Waals surface area contributed by atoms with Gasteiger partial charge in [-0.2, -0.15) is 0 Å². The van der Waals surface area contributed by atoms with Crippen LogP contribution in [-0.4, -0.2) is 106 Å². The van der Waals surface area contributed by atoms with Gasteiger partial charge in [0.15, 0.2) is 6.29 Å². The van der Waals surface area contributed by atoms with Gasteiger partial charge in [-0.25, -0.2) is 4.98 Å². The van der Waals surface area contributed by atoms with Crippen LogP contribution >= 0.6 is 0 Å². The fraction of sp³-hybridized carbons (Fsp3) is 0.625. The van der Waals surface area contributed by atoms with E-state index in [9.17, 15) is 4.79 Å². The van der Waals surface area contributed by atoms with E-state index >= 15 is 0 Å². The van der Waals surface area contributed by atoms with Crippen molar-refractivity contribution in [3.63, 3.8) is 0 Å². The maximum Gasteiger partial charge on any atom is 0.224 e. The third-order valence-corrected chi connectivity index (χ3v) is 7.76. The first-order valence-corrected chi connectivity index (χ1v) is 15.0. The number of nitrogens with zero attached hydrogens (tertiary/aromatic N) is 4. The van der Waals surface area contributed by atoms with Crippen LogP contribution in [0.4, 0.5) is 5.82 Å². The first kappa shape index (κ1) is 32.9. The van der Waals surface area contributed by atoms with Crippen LogP contribution in [0.15, 0.2) is 48.7 Å². The van der Waals surface area contributed by atoms with Crippen molar-refractivity contribution in [1.82, 2.24) is 14.8 Å². The summed E-state index contributed by atoms with van der Waals surface area (Å²) in [7, 11) is 4.88. The summed E-state index contributed by atoms with van der Waals surface area (Å²) in [6.45, 7) is 11.0. The van der Waals surface area contributed by atoms with E-state index in [1.165, 1.54) is 11.1 Å². The van der Waals surface area contributed by atoms with Crippen LogP contribution in [0.2, 0.25) is 0 Å². The van der Waals surface area contributed by atoms with E-state index in [-0.39, 0.29) is 11.5 Å². The van der Waals surface area contributed by atoms with Crippen molar-refractivity contribution in [3.05, 3.63) is 59.8 Å². The standard InChI is InChI=1S/C30H44N4O5.C2H6/c1-32(23-29(36-2)37-3)28(35)11-19-38-18-10-25-7-6-8-26(21-25)22-33-15-12-30(13-16-33)24-34(17-20-39-30)27-9-4-5-14-31-27;1-2/h4-9,14,21,29H,10-13,15-20,22-24H2,1-3H3;1-2H3. The van der Waals surface area contributed by atoms with Crippen molar-refractivity contribution in [2.24, 2.45) is 0 Å². The average Bonchev–Trinajstić information content (AvgIpc) is 3.02. The van der Waals surface area contributed by atoms with Gasteiger partial charge in [0.1, 0.15) is 5.82 Å². The van der Waals surface area contributed by atoms with Crippen LogP contribution in [0.25, 0.3) is 0 Å². The highest BCUT2D eigenvalue weighted by molar-refractivity contribution is 5.75. The molecule has 9 heteroatoms. The Hall–Kier alpha value is -2.56. The zero-order chi connectivity index (χ0) is 29.5. The smallest absolute Gasteiger partial charge is 0.224 e. The molecule has 0 bridgehead atoms. The Kier molecular flexibility index (Phi) is 14.0. The second kappa shape index (κ2) is 17.4. The van der Waals surface area contributed by atoms with Gasteiger partial charge in [-0.15, -0.1) is 0 Å². The van der Waals surface area contributed by atoms with E-state index in [2.05, 4.69) is 51.2 Å². The molecule has 1 aromatic heterocycles. The number of anilines is 1. The fourth-order valence-corrected chi connectivity index (χ4v) is 5.36. The minimum atomic E-state index is -0.415. The lowest BCUT2D eigenvalue weighted by molar-refractivity contribution is -0.143. The number of aromatic nitrogens is 1. The molecule has 0 aliphatic carbocycles. The van der Waals surface area contributed by atoms with Crippen LogP contribution in [-0.2, 0) is 36.7 Å². The van der Waals surface area contributed by atoms with Gasteiger partial charge in [0.25, 0.3) is 0 Å². The number of benzene rings is 1. The molecule has 1 amide bonds. The molecule has 0 saturated carbocycles. The Labute approximate surface area is 246 Å². The van der Waals surface area contributed by atoms with E-state index in [1.54, 1.807) is 26.2 Å². The Bertz CT molecular complexity index is 1010. The molecule has 2 fully saturated rings. The molecule has 0 N–H and O–H groups in total. The van der Waals surface area contributed by atoms with Crippen molar-refractivity contribution >= 4 is 11.7 Å². The summed E-state index contributed by atoms with van der Waals surface area (Å²) in [6.07, 6.45) is 4.69. The second-order valence-electron chi connectivity index (χ2n) is 10.5. The number of methoxy groups -OCH3 is 2. The van der Waals surface area contributed by atoms with Crippen LogP contribution in [0.3, 0.4) is 0 Å². The molecule has 4 rings (SSSR count). The zero-order valence-corrected chi connectivity index (χ0v) is 25.7. The summed E-state index contributed by atoms with van der Waals surface area (Å²) in [5, 5.41) is 0. The van der Waals surface area contributed by atoms with Crippen molar-refractivity contribution in [2.75, 3.05) is 78.7 Å².